The number of nitrogens with one attached hydrogen (secondary N) is 1. The lowest BCUT2D eigenvalue weighted by Gasteiger charge is -2.17. The monoisotopic (exact) mass is 312 g/mol. The Morgan fingerprint density at radius 2 is 2.22 bits per heavy atom. The molecule has 4 heteroatoms. The van der Waals surface area contributed by atoms with E-state index < -0.39 is 0 Å². The number of fused-ring (bicyclic) bond motifs is 3. The molecule has 0 radical (unpaired) electrons. The number of hydrogen-bond donors (Lipinski definition) is 1. The van der Waals surface area contributed by atoms with Crippen LogP contribution in [0.3, 0.4) is 0 Å². The average Bonchev–Trinajstić information content (AvgIpc) is 3.18. The highest BCUT2D eigenvalue weighted by molar-refractivity contribution is 5.99. The van der Waals surface area contributed by atoms with Crippen LogP contribution in [0.1, 0.15) is 40.9 Å². The summed E-state index contributed by atoms with van der Waals surface area (Å²) in [5, 5.41) is 1.25. The summed E-state index contributed by atoms with van der Waals surface area (Å²) in [6.45, 7) is 2.40. The Morgan fingerprint density at radius 1 is 1.35 bits per heavy atom. The normalized spacial score (nSPS) is 20.9. The van der Waals surface area contributed by atoms with Gasteiger partial charge in [0.15, 0.2) is 0 Å². The summed E-state index contributed by atoms with van der Waals surface area (Å²) in [7, 11) is 1.73. The van der Waals surface area contributed by atoms with Crippen LogP contribution in [0.15, 0.2) is 18.2 Å². The fourth-order valence-corrected chi connectivity index (χ4v) is 4.11. The third kappa shape index (κ3) is 2.65. The zero-order chi connectivity index (χ0) is 15.8. The first kappa shape index (κ1) is 14.8. The van der Waals surface area contributed by atoms with E-state index in [2.05, 4.69) is 17.1 Å². The first-order valence-corrected chi connectivity index (χ1v) is 8.68. The molecule has 0 bridgehead atoms. The van der Waals surface area contributed by atoms with Gasteiger partial charge in [0.2, 0.25) is 0 Å². The summed E-state index contributed by atoms with van der Waals surface area (Å²) in [6, 6.07) is 6.14. The van der Waals surface area contributed by atoms with E-state index in [1.165, 1.54) is 35.0 Å². The maximum absolute atomic E-state index is 12.8. The molecule has 1 amide bonds. The minimum Gasteiger partial charge on any atom is -0.384 e. The third-order valence-electron chi connectivity index (χ3n) is 5.32. The smallest absolute Gasteiger partial charge is 0.253 e. The van der Waals surface area contributed by atoms with E-state index >= 15 is 0 Å². The molecule has 2 aromatic rings. The number of ether oxygens (including phenoxy) is 1. The number of rotatable bonds is 3. The Kier molecular flexibility index (Phi) is 3.85. The standard InChI is InChI=1S/C19H24N2O2/c1-23-12-13-8-9-21(11-13)19(22)14-6-7-18-16(10-14)15-4-2-3-5-17(15)20-18/h6-7,10,13,20H,2-5,8-9,11-12H2,1H3/t13-/m0/s1. The highest BCUT2D eigenvalue weighted by Gasteiger charge is 2.27. The Hall–Kier alpha value is -1.81. The van der Waals surface area contributed by atoms with Crippen LogP contribution in [0.4, 0.5) is 0 Å². The summed E-state index contributed by atoms with van der Waals surface area (Å²) in [5.41, 5.74) is 4.80. The Labute approximate surface area is 136 Å². The van der Waals surface area contributed by atoms with Crippen LogP contribution < -0.4 is 0 Å². The summed E-state index contributed by atoms with van der Waals surface area (Å²) >= 11 is 0. The Morgan fingerprint density at radius 3 is 3.09 bits per heavy atom. The lowest BCUT2D eigenvalue weighted by Crippen LogP contribution is -2.29. The van der Waals surface area contributed by atoms with Crippen LogP contribution in [0.2, 0.25) is 0 Å². The van der Waals surface area contributed by atoms with E-state index in [4.69, 9.17) is 4.74 Å². The molecule has 1 aliphatic carbocycles. The zero-order valence-corrected chi connectivity index (χ0v) is 13.7. The van der Waals surface area contributed by atoms with Crippen molar-refractivity contribution >= 4 is 16.8 Å². The van der Waals surface area contributed by atoms with Gasteiger partial charge in [0.05, 0.1) is 6.61 Å². The van der Waals surface area contributed by atoms with Crippen molar-refractivity contribution in [1.82, 2.24) is 9.88 Å². The second-order valence-electron chi connectivity index (χ2n) is 6.91. The van der Waals surface area contributed by atoms with Crippen LogP contribution in [-0.4, -0.2) is 42.6 Å². The number of H-pyrrole nitrogens is 1. The maximum Gasteiger partial charge on any atom is 0.253 e. The topological polar surface area (TPSA) is 45.3 Å². The molecule has 0 unspecified atom stereocenters. The predicted molar refractivity (Wildman–Crippen MR) is 90.8 cm³/mol. The van der Waals surface area contributed by atoms with Gasteiger partial charge < -0.3 is 14.6 Å². The van der Waals surface area contributed by atoms with E-state index in [9.17, 15) is 4.79 Å². The number of aryl methyl sites for hydroxylation is 2. The molecule has 4 rings (SSSR count). The minimum atomic E-state index is 0.163. The largest absolute Gasteiger partial charge is 0.384 e. The zero-order valence-electron chi connectivity index (χ0n) is 13.7. The van der Waals surface area contributed by atoms with Gasteiger partial charge in [0, 0.05) is 48.3 Å². The minimum absolute atomic E-state index is 0.163. The maximum atomic E-state index is 12.8. The molecule has 1 aromatic heterocycles. The highest BCUT2D eigenvalue weighted by atomic mass is 16.5. The van der Waals surface area contributed by atoms with Gasteiger partial charge in [-0.2, -0.15) is 0 Å². The molecular weight excluding hydrogens is 288 g/mol. The number of carbonyl (C=O) groups is 1. The van der Waals surface area contributed by atoms with Crippen LogP contribution in [-0.2, 0) is 17.6 Å². The van der Waals surface area contributed by atoms with E-state index in [0.717, 1.165) is 44.5 Å². The first-order chi connectivity index (χ1) is 11.3. The lowest BCUT2D eigenvalue weighted by atomic mass is 9.95. The quantitative estimate of drug-likeness (QED) is 0.946. The summed E-state index contributed by atoms with van der Waals surface area (Å²) in [4.78, 5) is 18.3. The highest BCUT2D eigenvalue weighted by Crippen LogP contribution is 2.30. The van der Waals surface area contributed by atoms with Gasteiger partial charge in [0.1, 0.15) is 0 Å². The van der Waals surface area contributed by atoms with E-state index in [-0.39, 0.29) is 5.91 Å². The molecule has 2 heterocycles. The molecule has 1 aliphatic heterocycles. The van der Waals surface area contributed by atoms with Crippen molar-refractivity contribution in [2.45, 2.75) is 32.1 Å². The van der Waals surface area contributed by atoms with Gasteiger partial charge in [-0.1, -0.05) is 0 Å². The van der Waals surface area contributed by atoms with Gasteiger partial charge in [-0.15, -0.1) is 0 Å². The molecule has 1 aromatic carbocycles. The summed E-state index contributed by atoms with van der Waals surface area (Å²) in [5.74, 6) is 0.643. The van der Waals surface area contributed by atoms with E-state index in [0.29, 0.717) is 5.92 Å². The Bertz CT molecular complexity index is 734. The molecule has 1 N–H and O–H groups in total. The van der Waals surface area contributed by atoms with Gasteiger partial charge >= 0.3 is 0 Å². The lowest BCUT2D eigenvalue weighted by molar-refractivity contribution is 0.0775. The van der Waals surface area contributed by atoms with Gasteiger partial charge in [-0.3, -0.25) is 4.79 Å². The molecular formula is C19H24N2O2. The fourth-order valence-electron chi connectivity index (χ4n) is 4.11. The summed E-state index contributed by atoms with van der Waals surface area (Å²) < 4.78 is 5.23. The van der Waals surface area contributed by atoms with Crippen molar-refractivity contribution in [2.24, 2.45) is 5.92 Å². The summed E-state index contributed by atoms with van der Waals surface area (Å²) in [6.07, 6.45) is 5.83. The fraction of sp³-hybridized carbons (Fsp3) is 0.526. The molecule has 0 saturated carbocycles. The van der Waals surface area contributed by atoms with Crippen molar-refractivity contribution in [2.75, 3.05) is 26.8 Å². The second kappa shape index (κ2) is 6.00. The number of carbonyl (C=O) groups excluding carboxylic acids is 1. The number of likely N-dealkylation sites (tertiary alicyclic amines) is 1. The molecule has 122 valence electrons. The average molecular weight is 312 g/mol. The van der Waals surface area contributed by atoms with Crippen molar-refractivity contribution in [3.63, 3.8) is 0 Å². The molecule has 1 saturated heterocycles. The SMILES string of the molecule is COC[C@H]1CCN(C(=O)c2ccc3[nH]c4c(c3c2)CCCC4)C1. The number of nitrogens with zero attached hydrogens (tertiary/aromatic N) is 1. The van der Waals surface area contributed by atoms with Crippen molar-refractivity contribution < 1.29 is 9.53 Å². The van der Waals surface area contributed by atoms with E-state index in [1.807, 2.05) is 11.0 Å². The number of hydrogen-bond acceptors (Lipinski definition) is 2. The van der Waals surface area contributed by atoms with Crippen LogP contribution in [0.5, 0.6) is 0 Å². The number of aromatic nitrogens is 1. The number of methoxy groups -OCH3 is 1. The first-order valence-electron chi connectivity index (χ1n) is 8.68. The molecule has 1 atom stereocenters. The molecule has 1 fully saturated rings. The molecule has 4 nitrogen and oxygen atoms in total. The van der Waals surface area contributed by atoms with Crippen molar-refractivity contribution in [3.05, 3.63) is 35.0 Å². The predicted octanol–water partition coefficient (Wildman–Crippen LogP) is 3.16. The number of amides is 1. The van der Waals surface area contributed by atoms with Crippen molar-refractivity contribution in [1.29, 1.82) is 0 Å². The number of benzene rings is 1. The van der Waals surface area contributed by atoms with Crippen molar-refractivity contribution in [3.8, 4) is 0 Å². The molecule has 0 spiro atoms. The third-order valence-corrected chi connectivity index (χ3v) is 5.32. The van der Waals surface area contributed by atoms with Gasteiger partial charge in [-0.25, -0.2) is 0 Å². The van der Waals surface area contributed by atoms with Gasteiger partial charge in [0.25, 0.3) is 5.91 Å². The van der Waals surface area contributed by atoms with Crippen LogP contribution in [0.25, 0.3) is 10.9 Å². The number of aromatic amines is 1. The van der Waals surface area contributed by atoms with Crippen LogP contribution in [0, 0.1) is 5.92 Å². The van der Waals surface area contributed by atoms with Gasteiger partial charge in [-0.05, 0) is 55.9 Å². The second-order valence-corrected chi connectivity index (χ2v) is 6.91. The Balaban J connectivity index is 1.60. The van der Waals surface area contributed by atoms with Crippen LogP contribution >= 0.6 is 0 Å². The van der Waals surface area contributed by atoms with E-state index in [1.54, 1.807) is 7.11 Å². The molecule has 23 heavy (non-hydrogen) atoms. The molecule has 2 aliphatic rings.